The summed E-state index contributed by atoms with van der Waals surface area (Å²) in [5.41, 5.74) is 3.63. The van der Waals surface area contributed by atoms with Gasteiger partial charge in [-0.2, -0.15) is 0 Å². The molecule has 7 heteroatoms. The molecule has 27 heavy (non-hydrogen) atoms. The summed E-state index contributed by atoms with van der Waals surface area (Å²) in [5.74, 6) is -0.920. The monoisotopic (exact) mass is 366 g/mol. The standard InChI is InChI=1S/C20H22N4O3/c1-14-10-15(2)12-17(11-14)24-21-18(20(26)27)19(22-24)23(8-9-25)13-16-6-4-3-5-7-16/h3-7,10-12,25H,8-9,13H2,1-2H3,(H,26,27). The van der Waals surface area contributed by atoms with Crippen molar-refractivity contribution >= 4 is 11.8 Å². The lowest BCUT2D eigenvalue weighted by Crippen LogP contribution is -2.28. The first kappa shape index (κ1) is 18.6. The number of aromatic carboxylic acids is 1. The summed E-state index contributed by atoms with van der Waals surface area (Å²) >= 11 is 0. The number of aryl methyl sites for hydroxylation is 2. The van der Waals surface area contributed by atoms with Crippen LogP contribution in [0.4, 0.5) is 5.82 Å². The molecule has 0 amide bonds. The van der Waals surface area contributed by atoms with Gasteiger partial charge in [0.2, 0.25) is 5.69 Å². The fourth-order valence-electron chi connectivity index (χ4n) is 3.02. The lowest BCUT2D eigenvalue weighted by molar-refractivity contribution is 0.0690. The Morgan fingerprint density at radius 1 is 1.07 bits per heavy atom. The molecule has 0 spiro atoms. The van der Waals surface area contributed by atoms with Crippen molar-refractivity contribution in [3.05, 3.63) is 70.9 Å². The first-order valence-electron chi connectivity index (χ1n) is 8.67. The zero-order valence-corrected chi connectivity index (χ0v) is 15.3. The van der Waals surface area contributed by atoms with Crippen molar-refractivity contribution in [2.24, 2.45) is 0 Å². The highest BCUT2D eigenvalue weighted by Gasteiger charge is 2.24. The van der Waals surface area contributed by atoms with E-state index in [0.717, 1.165) is 16.7 Å². The van der Waals surface area contributed by atoms with Crippen LogP contribution >= 0.6 is 0 Å². The molecule has 0 unspecified atom stereocenters. The molecule has 0 aliphatic heterocycles. The summed E-state index contributed by atoms with van der Waals surface area (Å²) in [4.78, 5) is 14.8. The van der Waals surface area contributed by atoms with E-state index >= 15 is 0 Å². The fourth-order valence-corrected chi connectivity index (χ4v) is 3.02. The minimum Gasteiger partial charge on any atom is -0.476 e. The maximum absolute atomic E-state index is 11.8. The quantitative estimate of drug-likeness (QED) is 0.668. The number of benzene rings is 2. The summed E-state index contributed by atoms with van der Waals surface area (Å²) in [7, 11) is 0. The molecule has 0 bridgehead atoms. The second-order valence-electron chi connectivity index (χ2n) is 6.44. The normalized spacial score (nSPS) is 10.8. The van der Waals surface area contributed by atoms with Gasteiger partial charge in [0.1, 0.15) is 0 Å². The van der Waals surface area contributed by atoms with Crippen molar-refractivity contribution < 1.29 is 15.0 Å². The third kappa shape index (κ3) is 4.32. The molecule has 0 saturated heterocycles. The van der Waals surface area contributed by atoms with E-state index in [2.05, 4.69) is 10.2 Å². The van der Waals surface area contributed by atoms with Gasteiger partial charge in [0, 0.05) is 13.1 Å². The maximum Gasteiger partial charge on any atom is 0.360 e. The van der Waals surface area contributed by atoms with E-state index in [0.29, 0.717) is 12.2 Å². The molecule has 2 aromatic carbocycles. The van der Waals surface area contributed by atoms with Crippen LogP contribution in [0.25, 0.3) is 5.69 Å². The number of aromatic nitrogens is 3. The fraction of sp³-hybridized carbons (Fsp3) is 0.250. The van der Waals surface area contributed by atoms with Crippen LogP contribution in [0.1, 0.15) is 27.2 Å². The number of hydrogen-bond donors (Lipinski definition) is 2. The van der Waals surface area contributed by atoms with Crippen LogP contribution in [0, 0.1) is 13.8 Å². The summed E-state index contributed by atoms with van der Waals surface area (Å²) in [5, 5.41) is 27.7. The largest absolute Gasteiger partial charge is 0.476 e. The molecule has 2 N–H and O–H groups in total. The smallest absolute Gasteiger partial charge is 0.360 e. The summed E-state index contributed by atoms with van der Waals surface area (Å²) < 4.78 is 0. The number of carboxylic acid groups (broad SMARTS) is 1. The lowest BCUT2D eigenvalue weighted by Gasteiger charge is -2.21. The zero-order valence-electron chi connectivity index (χ0n) is 15.3. The number of aliphatic hydroxyl groups excluding tert-OH is 1. The minimum absolute atomic E-state index is 0.123. The Bertz CT molecular complexity index is 917. The molecular weight excluding hydrogens is 344 g/mol. The molecule has 1 heterocycles. The van der Waals surface area contributed by atoms with E-state index in [9.17, 15) is 15.0 Å². The van der Waals surface area contributed by atoms with Crippen LogP contribution in [0.2, 0.25) is 0 Å². The molecular formula is C20H22N4O3. The second-order valence-corrected chi connectivity index (χ2v) is 6.44. The van der Waals surface area contributed by atoms with Crippen LogP contribution in [0.3, 0.4) is 0 Å². The molecule has 0 saturated carbocycles. The first-order chi connectivity index (χ1) is 13.0. The summed E-state index contributed by atoms with van der Waals surface area (Å²) in [6.45, 7) is 4.48. The van der Waals surface area contributed by atoms with Gasteiger partial charge in [0.15, 0.2) is 5.82 Å². The Morgan fingerprint density at radius 3 is 2.33 bits per heavy atom. The van der Waals surface area contributed by atoms with Crippen molar-refractivity contribution in [3.63, 3.8) is 0 Å². The highest BCUT2D eigenvalue weighted by Crippen LogP contribution is 2.21. The third-order valence-electron chi connectivity index (χ3n) is 4.12. The maximum atomic E-state index is 11.8. The topological polar surface area (TPSA) is 91.5 Å². The number of carbonyl (C=O) groups is 1. The van der Waals surface area contributed by atoms with E-state index in [4.69, 9.17) is 0 Å². The van der Waals surface area contributed by atoms with Gasteiger partial charge in [0.05, 0.1) is 12.3 Å². The van der Waals surface area contributed by atoms with Crippen LogP contribution in [-0.4, -0.2) is 44.3 Å². The molecule has 7 nitrogen and oxygen atoms in total. The Kier molecular flexibility index (Phi) is 5.52. The van der Waals surface area contributed by atoms with Gasteiger partial charge < -0.3 is 15.1 Å². The van der Waals surface area contributed by atoms with Gasteiger partial charge >= 0.3 is 5.97 Å². The molecule has 0 aliphatic carbocycles. The first-order valence-corrected chi connectivity index (χ1v) is 8.67. The average molecular weight is 366 g/mol. The number of carboxylic acids is 1. The van der Waals surface area contributed by atoms with E-state index < -0.39 is 5.97 Å². The summed E-state index contributed by atoms with van der Waals surface area (Å²) in [6, 6.07) is 15.5. The Hall–Kier alpha value is -3.19. The van der Waals surface area contributed by atoms with Gasteiger partial charge in [-0.25, -0.2) is 4.79 Å². The minimum atomic E-state index is -1.16. The predicted octanol–water partition coefficient (Wildman–Crippen LogP) is 2.58. The van der Waals surface area contributed by atoms with Crippen LogP contribution in [0.5, 0.6) is 0 Å². The summed E-state index contributed by atoms with van der Waals surface area (Å²) in [6.07, 6.45) is 0. The van der Waals surface area contributed by atoms with Crippen molar-refractivity contribution in [1.29, 1.82) is 0 Å². The molecule has 3 aromatic rings. The molecule has 0 aliphatic rings. The Balaban J connectivity index is 2.03. The number of hydrogen-bond acceptors (Lipinski definition) is 5. The molecule has 140 valence electrons. The van der Waals surface area contributed by atoms with E-state index in [1.165, 1.54) is 4.80 Å². The van der Waals surface area contributed by atoms with E-state index in [1.54, 1.807) is 4.90 Å². The van der Waals surface area contributed by atoms with Gasteiger partial charge in [-0.3, -0.25) is 0 Å². The number of rotatable bonds is 7. The van der Waals surface area contributed by atoms with Gasteiger partial charge in [-0.1, -0.05) is 36.4 Å². The predicted molar refractivity (Wildman–Crippen MR) is 102 cm³/mol. The van der Waals surface area contributed by atoms with Gasteiger partial charge in [-0.15, -0.1) is 15.0 Å². The number of nitrogens with zero attached hydrogens (tertiary/aromatic N) is 4. The van der Waals surface area contributed by atoms with Crippen LogP contribution in [-0.2, 0) is 6.54 Å². The number of aliphatic hydroxyl groups is 1. The molecule has 0 atom stereocenters. The molecule has 3 rings (SSSR count). The second kappa shape index (κ2) is 8.01. The van der Waals surface area contributed by atoms with E-state index in [1.807, 2.05) is 62.4 Å². The lowest BCUT2D eigenvalue weighted by atomic mass is 10.1. The third-order valence-corrected chi connectivity index (χ3v) is 4.12. The van der Waals surface area contributed by atoms with Crippen LogP contribution < -0.4 is 4.90 Å². The van der Waals surface area contributed by atoms with Crippen molar-refractivity contribution in [2.75, 3.05) is 18.1 Å². The highest BCUT2D eigenvalue weighted by molar-refractivity contribution is 5.91. The SMILES string of the molecule is Cc1cc(C)cc(-n2nc(C(=O)O)c(N(CCO)Cc3ccccc3)n2)c1. The number of anilines is 1. The zero-order chi connectivity index (χ0) is 19.4. The molecule has 1 aromatic heterocycles. The van der Waals surface area contributed by atoms with Crippen molar-refractivity contribution in [1.82, 2.24) is 15.0 Å². The van der Waals surface area contributed by atoms with Crippen LogP contribution in [0.15, 0.2) is 48.5 Å². The Labute approximate surface area is 157 Å². The van der Waals surface area contributed by atoms with Gasteiger partial charge in [0.25, 0.3) is 0 Å². The van der Waals surface area contributed by atoms with E-state index in [-0.39, 0.29) is 24.7 Å². The molecule has 0 fully saturated rings. The van der Waals surface area contributed by atoms with Crippen molar-refractivity contribution in [3.8, 4) is 5.69 Å². The Morgan fingerprint density at radius 2 is 1.74 bits per heavy atom. The highest BCUT2D eigenvalue weighted by atomic mass is 16.4. The average Bonchev–Trinajstić information content (AvgIpc) is 3.07. The molecule has 0 radical (unpaired) electrons. The van der Waals surface area contributed by atoms with Gasteiger partial charge in [-0.05, 0) is 42.7 Å². The van der Waals surface area contributed by atoms with Crippen molar-refractivity contribution in [2.45, 2.75) is 20.4 Å².